The maximum absolute atomic E-state index is 9.86. The van der Waals surface area contributed by atoms with Crippen molar-refractivity contribution in [1.82, 2.24) is 10.2 Å². The number of hydrogen-bond acceptors (Lipinski definition) is 4. The van der Waals surface area contributed by atoms with E-state index in [1.54, 1.807) is 0 Å². The first-order valence-corrected chi connectivity index (χ1v) is 7.54. The average molecular weight is 246 g/mol. The summed E-state index contributed by atoms with van der Waals surface area (Å²) in [6.45, 7) is 8.85. The molecule has 1 fully saturated rings. The first-order chi connectivity index (χ1) is 7.65. The van der Waals surface area contributed by atoms with Crippen LogP contribution in [0.25, 0.3) is 0 Å². The van der Waals surface area contributed by atoms with Crippen molar-refractivity contribution < 1.29 is 5.11 Å². The Morgan fingerprint density at radius 2 is 2.00 bits per heavy atom. The van der Waals surface area contributed by atoms with E-state index in [1.165, 1.54) is 12.8 Å². The van der Waals surface area contributed by atoms with Gasteiger partial charge in [-0.1, -0.05) is 13.8 Å². The molecule has 0 aliphatic heterocycles. The summed E-state index contributed by atoms with van der Waals surface area (Å²) < 4.78 is 0.495. The van der Waals surface area contributed by atoms with E-state index >= 15 is 0 Å². The second-order valence-corrected chi connectivity index (χ2v) is 5.93. The number of hydrogen-bond donors (Lipinski definition) is 2. The van der Waals surface area contributed by atoms with Crippen molar-refractivity contribution >= 4 is 11.8 Å². The molecule has 2 N–H and O–H groups in total. The molecule has 0 radical (unpaired) electrons. The second kappa shape index (κ2) is 6.84. The summed E-state index contributed by atoms with van der Waals surface area (Å²) in [5, 5.41) is 13.3. The molecule has 3 nitrogen and oxygen atoms in total. The highest BCUT2D eigenvalue weighted by Crippen LogP contribution is 2.46. The molecule has 0 aromatic rings. The molecular weight excluding hydrogens is 220 g/mol. The Hall–Kier alpha value is 0.230. The molecule has 0 spiro atoms. The van der Waals surface area contributed by atoms with Crippen LogP contribution in [0.3, 0.4) is 0 Å². The quantitative estimate of drug-likeness (QED) is 0.640. The topological polar surface area (TPSA) is 35.5 Å². The molecule has 16 heavy (non-hydrogen) atoms. The third kappa shape index (κ3) is 4.62. The highest BCUT2D eigenvalue weighted by atomic mass is 32.2. The standard InChI is InChI=1S/C12H26N2OS/c1-4-14(5-2)9-11(15)8-13-10-12(16-3)6-7-12/h11,13,15H,4-10H2,1-3H3. The van der Waals surface area contributed by atoms with E-state index in [9.17, 15) is 5.11 Å². The van der Waals surface area contributed by atoms with E-state index in [1.807, 2.05) is 11.8 Å². The Kier molecular flexibility index (Phi) is 6.11. The maximum atomic E-state index is 9.86. The summed E-state index contributed by atoms with van der Waals surface area (Å²) in [5.74, 6) is 0. The van der Waals surface area contributed by atoms with Crippen LogP contribution in [-0.4, -0.2) is 59.8 Å². The number of aliphatic hydroxyl groups excluding tert-OH is 1. The highest BCUT2D eigenvalue weighted by molar-refractivity contribution is 8.00. The number of nitrogens with one attached hydrogen (secondary N) is 1. The molecule has 1 atom stereocenters. The molecule has 1 rings (SSSR count). The zero-order valence-corrected chi connectivity index (χ0v) is 11.6. The fourth-order valence-corrected chi connectivity index (χ4v) is 2.66. The molecule has 0 bridgehead atoms. The largest absolute Gasteiger partial charge is 0.390 e. The Bertz CT molecular complexity index is 193. The van der Waals surface area contributed by atoms with Crippen molar-refractivity contribution in [3.05, 3.63) is 0 Å². The second-order valence-electron chi connectivity index (χ2n) is 4.66. The van der Waals surface area contributed by atoms with Crippen molar-refractivity contribution in [3.63, 3.8) is 0 Å². The van der Waals surface area contributed by atoms with Gasteiger partial charge >= 0.3 is 0 Å². The van der Waals surface area contributed by atoms with Gasteiger partial charge in [-0.2, -0.15) is 11.8 Å². The first-order valence-electron chi connectivity index (χ1n) is 6.32. The fraction of sp³-hybridized carbons (Fsp3) is 1.00. The summed E-state index contributed by atoms with van der Waals surface area (Å²) in [7, 11) is 0. The molecule has 4 heteroatoms. The Morgan fingerprint density at radius 3 is 2.44 bits per heavy atom. The van der Waals surface area contributed by atoms with Crippen LogP contribution in [-0.2, 0) is 0 Å². The Morgan fingerprint density at radius 1 is 1.38 bits per heavy atom. The summed E-state index contributed by atoms with van der Waals surface area (Å²) in [6, 6.07) is 0. The van der Waals surface area contributed by atoms with E-state index < -0.39 is 0 Å². The molecule has 1 aliphatic rings. The van der Waals surface area contributed by atoms with Gasteiger partial charge in [-0.3, -0.25) is 0 Å². The third-order valence-electron chi connectivity index (χ3n) is 3.43. The zero-order valence-electron chi connectivity index (χ0n) is 10.8. The van der Waals surface area contributed by atoms with E-state index in [4.69, 9.17) is 0 Å². The van der Waals surface area contributed by atoms with Crippen LogP contribution < -0.4 is 5.32 Å². The lowest BCUT2D eigenvalue weighted by Crippen LogP contribution is -2.40. The highest BCUT2D eigenvalue weighted by Gasteiger charge is 2.41. The summed E-state index contributed by atoms with van der Waals surface area (Å²) in [4.78, 5) is 2.26. The summed E-state index contributed by atoms with van der Waals surface area (Å²) in [6.07, 6.45) is 4.60. The SMILES string of the molecule is CCN(CC)CC(O)CNCC1(SC)CC1. The van der Waals surface area contributed by atoms with Gasteiger partial charge in [0.1, 0.15) is 0 Å². The molecule has 0 amide bonds. The monoisotopic (exact) mass is 246 g/mol. The van der Waals surface area contributed by atoms with Crippen LogP contribution in [0.1, 0.15) is 26.7 Å². The molecule has 1 unspecified atom stereocenters. The zero-order chi connectivity index (χ0) is 12.0. The average Bonchev–Trinajstić information content (AvgIpc) is 3.06. The molecule has 0 aromatic heterocycles. The number of likely N-dealkylation sites (N-methyl/N-ethyl adjacent to an activating group) is 1. The van der Waals surface area contributed by atoms with Crippen molar-refractivity contribution in [2.24, 2.45) is 0 Å². The van der Waals surface area contributed by atoms with Crippen molar-refractivity contribution in [1.29, 1.82) is 0 Å². The van der Waals surface area contributed by atoms with Crippen LogP contribution in [0.2, 0.25) is 0 Å². The van der Waals surface area contributed by atoms with E-state index in [0.29, 0.717) is 4.75 Å². The van der Waals surface area contributed by atoms with E-state index in [2.05, 4.69) is 30.3 Å². The smallest absolute Gasteiger partial charge is 0.0791 e. The lowest BCUT2D eigenvalue weighted by atomic mass is 10.3. The van der Waals surface area contributed by atoms with Crippen LogP contribution in [0.15, 0.2) is 0 Å². The predicted molar refractivity (Wildman–Crippen MR) is 72.1 cm³/mol. The number of nitrogens with zero attached hydrogens (tertiary/aromatic N) is 1. The maximum Gasteiger partial charge on any atom is 0.0791 e. The summed E-state index contributed by atoms with van der Waals surface area (Å²) in [5.41, 5.74) is 0. The molecule has 1 aliphatic carbocycles. The molecule has 0 aromatic carbocycles. The van der Waals surface area contributed by atoms with Crippen molar-refractivity contribution in [2.45, 2.75) is 37.5 Å². The summed E-state index contributed by atoms with van der Waals surface area (Å²) >= 11 is 1.96. The van der Waals surface area contributed by atoms with Crippen LogP contribution in [0.4, 0.5) is 0 Å². The van der Waals surface area contributed by atoms with E-state index in [0.717, 1.165) is 32.7 Å². The molecule has 1 saturated carbocycles. The van der Waals surface area contributed by atoms with Gasteiger partial charge in [0.05, 0.1) is 6.10 Å². The Balaban J connectivity index is 2.08. The van der Waals surface area contributed by atoms with Gasteiger partial charge < -0.3 is 15.3 Å². The number of aliphatic hydroxyl groups is 1. The van der Waals surface area contributed by atoms with Crippen LogP contribution in [0.5, 0.6) is 0 Å². The minimum Gasteiger partial charge on any atom is -0.390 e. The van der Waals surface area contributed by atoms with Gasteiger partial charge in [0.15, 0.2) is 0 Å². The number of thioether (sulfide) groups is 1. The van der Waals surface area contributed by atoms with Crippen molar-refractivity contribution in [2.75, 3.05) is 39.0 Å². The molecule has 0 heterocycles. The van der Waals surface area contributed by atoms with Gasteiger partial charge in [0.25, 0.3) is 0 Å². The Labute approximate surface area is 104 Å². The van der Waals surface area contributed by atoms with Gasteiger partial charge in [0.2, 0.25) is 0 Å². The predicted octanol–water partition coefficient (Wildman–Crippen LogP) is 1.17. The van der Waals surface area contributed by atoms with Gasteiger partial charge in [-0.15, -0.1) is 0 Å². The normalized spacial score (nSPS) is 20.1. The lowest BCUT2D eigenvalue weighted by molar-refractivity contribution is 0.117. The van der Waals surface area contributed by atoms with Gasteiger partial charge in [-0.25, -0.2) is 0 Å². The fourth-order valence-electron chi connectivity index (χ4n) is 1.90. The number of rotatable bonds is 9. The van der Waals surface area contributed by atoms with Gasteiger partial charge in [0, 0.05) is 24.4 Å². The third-order valence-corrected chi connectivity index (χ3v) is 4.85. The molecule has 96 valence electrons. The minimum absolute atomic E-state index is 0.238. The molecular formula is C12H26N2OS. The van der Waals surface area contributed by atoms with Crippen LogP contribution in [0, 0.1) is 0 Å². The lowest BCUT2D eigenvalue weighted by Gasteiger charge is -2.22. The van der Waals surface area contributed by atoms with Gasteiger partial charge in [-0.05, 0) is 32.2 Å². The van der Waals surface area contributed by atoms with Crippen LogP contribution >= 0.6 is 11.8 Å². The minimum atomic E-state index is -0.238. The first kappa shape index (κ1) is 14.3. The van der Waals surface area contributed by atoms with Crippen molar-refractivity contribution in [3.8, 4) is 0 Å². The molecule has 0 saturated heterocycles. The van der Waals surface area contributed by atoms with E-state index in [-0.39, 0.29) is 6.10 Å².